The van der Waals surface area contributed by atoms with E-state index in [9.17, 15) is 9.59 Å². The Hall–Kier alpha value is -3.37. The third-order valence-corrected chi connectivity index (χ3v) is 5.53. The monoisotopic (exact) mass is 417 g/mol. The minimum Gasteiger partial charge on any atom is -0.478 e. The Morgan fingerprint density at radius 2 is 1.73 bits per heavy atom. The highest BCUT2D eigenvalue weighted by atomic mass is 35.5. The summed E-state index contributed by atoms with van der Waals surface area (Å²) in [5.41, 5.74) is 4.66. The molecule has 3 aromatic rings. The van der Waals surface area contributed by atoms with Gasteiger partial charge in [0.05, 0.1) is 11.5 Å². The number of hydrogen-bond donors (Lipinski definition) is 2. The lowest BCUT2D eigenvalue weighted by Gasteiger charge is -2.17. The summed E-state index contributed by atoms with van der Waals surface area (Å²) in [4.78, 5) is 24.3. The molecular formula is C25H20ClNO3. The second kappa shape index (κ2) is 8.56. The topological polar surface area (TPSA) is 66.4 Å². The van der Waals surface area contributed by atoms with Gasteiger partial charge >= 0.3 is 5.97 Å². The van der Waals surface area contributed by atoms with E-state index in [-0.39, 0.29) is 17.4 Å². The number of anilines is 1. The van der Waals surface area contributed by atoms with Crippen LogP contribution in [0.2, 0.25) is 5.02 Å². The maximum atomic E-state index is 13.1. The van der Waals surface area contributed by atoms with Crippen LogP contribution in [-0.4, -0.2) is 17.0 Å². The molecule has 1 amide bonds. The van der Waals surface area contributed by atoms with Crippen molar-refractivity contribution in [3.63, 3.8) is 0 Å². The number of rotatable bonds is 3. The fourth-order valence-electron chi connectivity index (χ4n) is 3.77. The van der Waals surface area contributed by atoms with E-state index in [1.54, 1.807) is 18.2 Å². The van der Waals surface area contributed by atoms with E-state index in [1.165, 1.54) is 12.1 Å². The fourth-order valence-corrected chi connectivity index (χ4v) is 3.94. The van der Waals surface area contributed by atoms with Gasteiger partial charge < -0.3 is 10.4 Å². The minimum atomic E-state index is -0.985. The summed E-state index contributed by atoms with van der Waals surface area (Å²) < 4.78 is 0. The summed E-state index contributed by atoms with van der Waals surface area (Å²) >= 11 is 6.28. The molecule has 2 N–H and O–H groups in total. The van der Waals surface area contributed by atoms with Crippen LogP contribution >= 0.6 is 11.6 Å². The first-order valence-electron chi connectivity index (χ1n) is 9.72. The first-order valence-corrected chi connectivity index (χ1v) is 10.1. The van der Waals surface area contributed by atoms with Gasteiger partial charge in [0.2, 0.25) is 5.91 Å². The number of allylic oxidation sites excluding steroid dienone is 1. The number of amides is 1. The van der Waals surface area contributed by atoms with Crippen LogP contribution in [0, 0.1) is 0 Å². The van der Waals surface area contributed by atoms with Crippen molar-refractivity contribution in [3.05, 3.63) is 106 Å². The second-order valence-electron chi connectivity index (χ2n) is 7.22. The molecule has 0 aromatic heterocycles. The summed E-state index contributed by atoms with van der Waals surface area (Å²) in [5, 5.41) is 12.8. The molecule has 0 radical (unpaired) electrons. The van der Waals surface area contributed by atoms with Crippen molar-refractivity contribution in [3.8, 4) is 0 Å². The van der Waals surface area contributed by atoms with Gasteiger partial charge in [-0.15, -0.1) is 0 Å². The lowest BCUT2D eigenvalue weighted by atomic mass is 9.91. The van der Waals surface area contributed by atoms with Crippen LogP contribution in [0.4, 0.5) is 5.69 Å². The Balaban J connectivity index is 1.75. The molecule has 30 heavy (non-hydrogen) atoms. The van der Waals surface area contributed by atoms with Gasteiger partial charge in [-0.1, -0.05) is 60.1 Å². The summed E-state index contributed by atoms with van der Waals surface area (Å²) in [6.07, 6.45) is 3.44. The lowest BCUT2D eigenvalue weighted by Crippen LogP contribution is -2.21. The molecule has 0 fully saturated rings. The molecule has 1 aliphatic heterocycles. The van der Waals surface area contributed by atoms with Crippen LogP contribution in [0.1, 0.15) is 45.8 Å². The van der Waals surface area contributed by atoms with Crippen molar-refractivity contribution in [2.75, 3.05) is 5.32 Å². The van der Waals surface area contributed by atoms with Crippen LogP contribution in [0.5, 0.6) is 0 Å². The lowest BCUT2D eigenvalue weighted by molar-refractivity contribution is -0.117. The van der Waals surface area contributed by atoms with Gasteiger partial charge in [-0.2, -0.15) is 0 Å². The Morgan fingerprint density at radius 1 is 1.00 bits per heavy atom. The van der Waals surface area contributed by atoms with Gasteiger partial charge in [0.1, 0.15) is 0 Å². The molecule has 4 rings (SSSR count). The molecule has 150 valence electrons. The Morgan fingerprint density at radius 3 is 2.43 bits per heavy atom. The molecule has 1 unspecified atom stereocenters. The Bertz CT molecular complexity index is 1120. The normalized spacial score (nSPS) is 18.1. The van der Waals surface area contributed by atoms with Crippen LogP contribution in [0.15, 0.2) is 78.9 Å². The molecule has 0 spiro atoms. The van der Waals surface area contributed by atoms with Gasteiger partial charge in [-0.05, 0) is 59.9 Å². The van der Waals surface area contributed by atoms with Crippen molar-refractivity contribution in [2.45, 2.75) is 18.8 Å². The Labute approximate surface area is 179 Å². The number of nitrogens with one attached hydrogen (secondary N) is 1. The molecule has 0 aliphatic carbocycles. The third kappa shape index (κ3) is 4.14. The van der Waals surface area contributed by atoms with E-state index < -0.39 is 5.97 Å². The molecular weight excluding hydrogens is 398 g/mol. The molecule has 3 aromatic carbocycles. The van der Waals surface area contributed by atoms with E-state index in [0.717, 1.165) is 22.3 Å². The number of halogens is 1. The number of carboxylic acid groups (broad SMARTS) is 1. The van der Waals surface area contributed by atoms with Crippen molar-refractivity contribution < 1.29 is 14.7 Å². The van der Waals surface area contributed by atoms with E-state index in [0.29, 0.717) is 23.6 Å². The standard InChI is InChI=1S/C25H20ClNO3/c26-19-13-14-23-22(15-19)20(16-5-2-1-3-6-16)7-4-8-21(24(28)27-23)17-9-11-18(12-10-17)25(29)30/h1-3,5-7,9-15,21H,4,8H2,(H,27,28)(H,29,30)/b20-7-. The van der Waals surface area contributed by atoms with Crippen molar-refractivity contribution in [2.24, 2.45) is 0 Å². The minimum absolute atomic E-state index is 0.121. The molecule has 4 nitrogen and oxygen atoms in total. The third-order valence-electron chi connectivity index (χ3n) is 5.29. The zero-order valence-corrected chi connectivity index (χ0v) is 16.9. The number of carbonyl (C=O) groups excluding carboxylic acids is 1. The molecule has 5 heteroatoms. The predicted molar refractivity (Wildman–Crippen MR) is 119 cm³/mol. The quantitative estimate of drug-likeness (QED) is 0.550. The van der Waals surface area contributed by atoms with E-state index in [4.69, 9.17) is 16.7 Å². The number of carbonyl (C=O) groups is 2. The first-order chi connectivity index (χ1) is 14.5. The summed E-state index contributed by atoms with van der Waals surface area (Å²) in [7, 11) is 0. The van der Waals surface area contributed by atoms with Gasteiger partial charge in [-0.3, -0.25) is 4.79 Å². The number of carboxylic acids is 1. The number of aromatic carboxylic acids is 1. The molecule has 0 bridgehead atoms. The van der Waals surface area contributed by atoms with Crippen LogP contribution < -0.4 is 5.32 Å². The smallest absolute Gasteiger partial charge is 0.335 e. The first kappa shape index (κ1) is 19.9. The summed E-state index contributed by atoms with van der Waals surface area (Å²) in [6, 6.07) is 22.0. The average molecular weight is 418 g/mol. The molecule has 0 saturated carbocycles. The van der Waals surface area contributed by atoms with Crippen LogP contribution in [0.25, 0.3) is 5.57 Å². The highest BCUT2D eigenvalue weighted by Gasteiger charge is 2.24. The van der Waals surface area contributed by atoms with Crippen molar-refractivity contribution >= 4 is 34.7 Å². The number of hydrogen-bond acceptors (Lipinski definition) is 2. The highest BCUT2D eigenvalue weighted by molar-refractivity contribution is 6.31. The summed E-state index contributed by atoms with van der Waals surface area (Å²) in [5.74, 6) is -1.49. The van der Waals surface area contributed by atoms with Gasteiger partial charge in [0.15, 0.2) is 0 Å². The van der Waals surface area contributed by atoms with Gasteiger partial charge in [0, 0.05) is 16.3 Å². The Kier molecular flexibility index (Phi) is 5.68. The van der Waals surface area contributed by atoms with Crippen molar-refractivity contribution in [1.82, 2.24) is 0 Å². The van der Waals surface area contributed by atoms with Crippen LogP contribution in [-0.2, 0) is 4.79 Å². The average Bonchev–Trinajstić information content (AvgIpc) is 2.82. The molecule has 1 heterocycles. The molecule has 1 atom stereocenters. The highest BCUT2D eigenvalue weighted by Crippen LogP contribution is 2.35. The maximum Gasteiger partial charge on any atom is 0.335 e. The van der Waals surface area contributed by atoms with E-state index in [2.05, 4.69) is 11.4 Å². The second-order valence-corrected chi connectivity index (χ2v) is 7.66. The molecule has 0 saturated heterocycles. The largest absolute Gasteiger partial charge is 0.478 e. The molecule has 1 aliphatic rings. The van der Waals surface area contributed by atoms with Crippen LogP contribution in [0.3, 0.4) is 0 Å². The summed E-state index contributed by atoms with van der Waals surface area (Å²) in [6.45, 7) is 0. The van der Waals surface area contributed by atoms with Gasteiger partial charge in [-0.25, -0.2) is 4.79 Å². The number of benzene rings is 3. The van der Waals surface area contributed by atoms with Gasteiger partial charge in [0.25, 0.3) is 0 Å². The zero-order valence-electron chi connectivity index (χ0n) is 16.1. The SMILES string of the molecule is O=C(O)c1ccc(C2CC/C=C(/c3ccccc3)c3cc(Cl)ccc3NC2=O)cc1. The predicted octanol–water partition coefficient (Wildman–Crippen LogP) is 5.99. The fraction of sp³-hybridized carbons (Fsp3) is 0.120. The van der Waals surface area contributed by atoms with E-state index in [1.807, 2.05) is 42.5 Å². The number of fused-ring (bicyclic) bond motifs is 1. The van der Waals surface area contributed by atoms with E-state index >= 15 is 0 Å². The maximum absolute atomic E-state index is 13.1. The van der Waals surface area contributed by atoms with Crippen molar-refractivity contribution in [1.29, 1.82) is 0 Å². The zero-order chi connectivity index (χ0) is 21.1.